The first-order valence-electron chi connectivity index (χ1n) is 9.88. The molecule has 2 aliphatic rings. The molecule has 31 heavy (non-hydrogen) atoms. The van der Waals surface area contributed by atoms with Gasteiger partial charge in [0.2, 0.25) is 0 Å². The molecule has 0 N–H and O–H groups in total. The molecule has 0 aromatic heterocycles. The largest absolute Gasteiger partial charge is 0.416 e. The summed E-state index contributed by atoms with van der Waals surface area (Å²) in [5.74, 6) is 0.420. The second-order valence-corrected chi connectivity index (χ2v) is 9.52. The maximum absolute atomic E-state index is 13.1. The zero-order chi connectivity index (χ0) is 22.2. The van der Waals surface area contributed by atoms with Gasteiger partial charge in [-0.2, -0.15) is 13.2 Å². The fourth-order valence-electron chi connectivity index (χ4n) is 4.10. The number of piperidine rings is 1. The normalized spacial score (nSPS) is 18.5. The Hall–Kier alpha value is -2.19. The first kappa shape index (κ1) is 22.0. The minimum atomic E-state index is -4.43. The van der Waals surface area contributed by atoms with Crippen molar-refractivity contribution in [1.82, 2.24) is 9.80 Å². The molecular weight excluding hydrogens is 449 g/mol. The summed E-state index contributed by atoms with van der Waals surface area (Å²) in [5, 5.41) is 0.564. The molecule has 0 atom stereocenters. The molecule has 164 valence electrons. The number of halogens is 4. The zero-order valence-electron chi connectivity index (χ0n) is 16.5. The molecule has 2 amide bonds. The van der Waals surface area contributed by atoms with Crippen LogP contribution < -0.4 is 0 Å². The van der Waals surface area contributed by atoms with Crippen molar-refractivity contribution in [3.63, 3.8) is 0 Å². The second kappa shape index (κ2) is 8.39. The molecule has 2 aromatic carbocycles. The van der Waals surface area contributed by atoms with Crippen molar-refractivity contribution in [2.24, 2.45) is 0 Å². The van der Waals surface area contributed by atoms with Crippen molar-refractivity contribution in [3.05, 3.63) is 70.2 Å². The predicted octanol–water partition coefficient (Wildman–Crippen LogP) is 5.18. The van der Waals surface area contributed by atoms with E-state index < -0.39 is 16.6 Å². The summed E-state index contributed by atoms with van der Waals surface area (Å²) < 4.78 is 38.4. The van der Waals surface area contributed by atoms with Crippen LogP contribution in [-0.4, -0.2) is 51.9 Å². The fraction of sp³-hybridized carbons (Fsp3) is 0.364. The number of hydrogen-bond donors (Lipinski definition) is 0. The van der Waals surface area contributed by atoms with E-state index in [1.54, 1.807) is 45.8 Å². The number of carbonyl (C=O) groups excluding carboxylic acids is 2. The first-order valence-corrected chi connectivity index (χ1v) is 11.2. The van der Waals surface area contributed by atoms with Crippen LogP contribution in [0.1, 0.15) is 39.1 Å². The molecule has 2 aromatic rings. The smallest absolute Gasteiger partial charge is 0.338 e. The van der Waals surface area contributed by atoms with Crippen molar-refractivity contribution in [2.75, 3.05) is 25.4 Å². The van der Waals surface area contributed by atoms with Gasteiger partial charge in [0.1, 0.15) is 0 Å². The molecular formula is C22H20ClF3N2O2S. The molecule has 9 heteroatoms. The number of carbonyl (C=O) groups is 2. The summed E-state index contributed by atoms with van der Waals surface area (Å²) >= 11 is 7.58. The van der Waals surface area contributed by atoms with E-state index in [1.165, 1.54) is 12.1 Å². The van der Waals surface area contributed by atoms with Gasteiger partial charge in [-0.3, -0.25) is 9.59 Å². The van der Waals surface area contributed by atoms with Crippen molar-refractivity contribution in [3.8, 4) is 0 Å². The van der Waals surface area contributed by atoms with E-state index in [1.807, 2.05) is 0 Å². The molecule has 2 fully saturated rings. The lowest BCUT2D eigenvalue weighted by Gasteiger charge is -2.44. The third kappa shape index (κ3) is 4.41. The predicted molar refractivity (Wildman–Crippen MR) is 114 cm³/mol. The summed E-state index contributed by atoms with van der Waals surface area (Å²) in [5.41, 5.74) is 0.0373. The fourth-order valence-corrected chi connectivity index (χ4v) is 5.68. The molecule has 0 bridgehead atoms. The molecule has 4 rings (SSSR count). The average molecular weight is 469 g/mol. The van der Waals surface area contributed by atoms with Crippen LogP contribution in [0.25, 0.3) is 0 Å². The standard InChI is InChI=1S/C22H20ClF3N2O2S/c23-18-7-3-15(4-8-18)19(29)27-11-9-21(10-12-27)28(13-14-31-21)20(30)16-1-5-17(6-2-16)22(24,25)26/h1-8H,9-14H2. The number of alkyl halides is 3. The number of likely N-dealkylation sites (tertiary alicyclic amines) is 1. The van der Waals surface area contributed by atoms with Gasteiger partial charge >= 0.3 is 6.18 Å². The molecule has 1 spiro atoms. The summed E-state index contributed by atoms with van der Waals surface area (Å²) in [4.78, 5) is 29.0. The zero-order valence-corrected chi connectivity index (χ0v) is 18.1. The lowest BCUT2D eigenvalue weighted by molar-refractivity contribution is -0.137. The van der Waals surface area contributed by atoms with Crippen molar-refractivity contribution < 1.29 is 22.8 Å². The molecule has 0 radical (unpaired) electrons. The lowest BCUT2D eigenvalue weighted by atomic mass is 10.00. The molecule has 0 saturated carbocycles. The highest BCUT2D eigenvalue weighted by Crippen LogP contribution is 2.44. The summed E-state index contributed by atoms with van der Waals surface area (Å²) in [6.07, 6.45) is -3.21. The third-order valence-corrected chi connectivity index (χ3v) is 7.61. The van der Waals surface area contributed by atoms with Crippen LogP contribution in [0.4, 0.5) is 13.2 Å². The molecule has 4 nitrogen and oxygen atoms in total. The SMILES string of the molecule is O=C(c1ccc(Cl)cc1)N1CCC2(CC1)SCCN2C(=O)c1ccc(C(F)(F)F)cc1. The van der Waals surface area contributed by atoms with Gasteiger partial charge in [-0.05, 0) is 61.4 Å². The highest BCUT2D eigenvalue weighted by molar-refractivity contribution is 8.00. The summed E-state index contributed by atoms with van der Waals surface area (Å²) in [7, 11) is 0. The lowest BCUT2D eigenvalue weighted by Crippen LogP contribution is -2.53. The van der Waals surface area contributed by atoms with Gasteiger partial charge in [0, 0.05) is 41.5 Å². The van der Waals surface area contributed by atoms with Gasteiger partial charge in [-0.15, -0.1) is 11.8 Å². The van der Waals surface area contributed by atoms with Gasteiger partial charge in [0.15, 0.2) is 0 Å². The first-order chi connectivity index (χ1) is 14.7. The Kier molecular flexibility index (Phi) is 5.96. The third-order valence-electron chi connectivity index (χ3n) is 5.80. The summed E-state index contributed by atoms with van der Waals surface area (Å²) in [6, 6.07) is 11.1. The van der Waals surface area contributed by atoms with Crippen LogP contribution in [0, 0.1) is 0 Å². The van der Waals surface area contributed by atoms with Crippen LogP contribution in [0.5, 0.6) is 0 Å². The van der Waals surface area contributed by atoms with Crippen LogP contribution in [0.3, 0.4) is 0 Å². The van der Waals surface area contributed by atoms with E-state index in [9.17, 15) is 22.8 Å². The molecule has 0 aliphatic carbocycles. The average Bonchev–Trinajstić information content (AvgIpc) is 3.16. The van der Waals surface area contributed by atoms with E-state index in [0.29, 0.717) is 43.1 Å². The van der Waals surface area contributed by atoms with Crippen LogP contribution in [0.15, 0.2) is 48.5 Å². The number of amides is 2. The minimum Gasteiger partial charge on any atom is -0.338 e. The molecule has 2 saturated heterocycles. The van der Waals surface area contributed by atoms with Crippen molar-refractivity contribution >= 4 is 35.2 Å². The van der Waals surface area contributed by atoms with Gasteiger partial charge < -0.3 is 9.80 Å². The van der Waals surface area contributed by atoms with Gasteiger partial charge in [0.25, 0.3) is 11.8 Å². The Labute approximate surface area is 187 Å². The topological polar surface area (TPSA) is 40.6 Å². The molecule has 2 heterocycles. The number of nitrogens with zero attached hydrogens (tertiary/aromatic N) is 2. The number of hydrogen-bond acceptors (Lipinski definition) is 3. The maximum atomic E-state index is 13.1. The number of thioether (sulfide) groups is 1. The van der Waals surface area contributed by atoms with E-state index >= 15 is 0 Å². The maximum Gasteiger partial charge on any atom is 0.416 e. The monoisotopic (exact) mass is 468 g/mol. The number of benzene rings is 2. The van der Waals surface area contributed by atoms with Crippen molar-refractivity contribution in [1.29, 1.82) is 0 Å². The quantitative estimate of drug-likeness (QED) is 0.609. The Morgan fingerprint density at radius 2 is 1.42 bits per heavy atom. The van der Waals surface area contributed by atoms with Crippen LogP contribution >= 0.6 is 23.4 Å². The van der Waals surface area contributed by atoms with E-state index in [4.69, 9.17) is 11.6 Å². The van der Waals surface area contributed by atoms with Crippen LogP contribution in [0.2, 0.25) is 5.02 Å². The highest BCUT2D eigenvalue weighted by atomic mass is 35.5. The van der Waals surface area contributed by atoms with Gasteiger partial charge in [-0.1, -0.05) is 11.6 Å². The van der Waals surface area contributed by atoms with Gasteiger partial charge in [0.05, 0.1) is 10.4 Å². The number of rotatable bonds is 2. The molecule has 2 aliphatic heterocycles. The Morgan fingerprint density at radius 1 is 0.871 bits per heavy atom. The van der Waals surface area contributed by atoms with E-state index in [2.05, 4.69) is 0 Å². The minimum absolute atomic E-state index is 0.0740. The van der Waals surface area contributed by atoms with E-state index in [0.717, 1.165) is 17.9 Å². The van der Waals surface area contributed by atoms with Gasteiger partial charge in [-0.25, -0.2) is 0 Å². The van der Waals surface area contributed by atoms with E-state index in [-0.39, 0.29) is 17.4 Å². The highest BCUT2D eigenvalue weighted by Gasteiger charge is 2.47. The van der Waals surface area contributed by atoms with Crippen molar-refractivity contribution in [2.45, 2.75) is 23.9 Å². The Bertz CT molecular complexity index is 972. The summed E-state index contributed by atoms with van der Waals surface area (Å²) in [6.45, 7) is 1.55. The molecule has 0 unspecified atom stereocenters. The Balaban J connectivity index is 1.45. The van der Waals surface area contributed by atoms with Crippen LogP contribution in [-0.2, 0) is 6.18 Å². The Morgan fingerprint density at radius 3 is 2.00 bits per heavy atom. The second-order valence-electron chi connectivity index (χ2n) is 7.63.